The van der Waals surface area contributed by atoms with Gasteiger partial charge in [-0.05, 0) is 24.6 Å². The van der Waals surface area contributed by atoms with Gasteiger partial charge in [0.15, 0.2) is 0 Å². The Kier molecular flexibility index (Phi) is 4.32. The SMILES string of the molecule is COc1ccc(C=CC(C)OC(=O)O)cn1. The van der Waals surface area contributed by atoms with Gasteiger partial charge < -0.3 is 14.6 Å². The van der Waals surface area contributed by atoms with Gasteiger partial charge in [0.2, 0.25) is 5.88 Å². The Labute approximate surface area is 93.3 Å². The van der Waals surface area contributed by atoms with Crippen LogP contribution in [0, 0.1) is 0 Å². The third-order valence-corrected chi connectivity index (χ3v) is 1.81. The summed E-state index contributed by atoms with van der Waals surface area (Å²) in [6.07, 6.45) is 3.23. The zero-order valence-corrected chi connectivity index (χ0v) is 9.08. The van der Waals surface area contributed by atoms with Crippen LogP contribution < -0.4 is 4.74 Å². The number of rotatable bonds is 4. The highest BCUT2D eigenvalue weighted by atomic mass is 16.7. The van der Waals surface area contributed by atoms with Crippen molar-refractivity contribution in [3.63, 3.8) is 0 Å². The van der Waals surface area contributed by atoms with E-state index in [0.717, 1.165) is 5.56 Å². The minimum Gasteiger partial charge on any atom is -0.481 e. The van der Waals surface area contributed by atoms with Crippen molar-refractivity contribution in [1.82, 2.24) is 4.98 Å². The lowest BCUT2D eigenvalue weighted by molar-refractivity contribution is 0.0755. The molecule has 0 aliphatic heterocycles. The van der Waals surface area contributed by atoms with Crippen LogP contribution in [0.25, 0.3) is 6.08 Å². The summed E-state index contributed by atoms with van der Waals surface area (Å²) in [7, 11) is 1.54. The Morgan fingerprint density at radius 1 is 1.56 bits per heavy atom. The van der Waals surface area contributed by atoms with Crippen molar-refractivity contribution in [1.29, 1.82) is 0 Å². The smallest absolute Gasteiger partial charge is 0.481 e. The van der Waals surface area contributed by atoms with E-state index in [1.165, 1.54) is 0 Å². The van der Waals surface area contributed by atoms with Gasteiger partial charge in [-0.15, -0.1) is 0 Å². The second-order valence-corrected chi connectivity index (χ2v) is 3.08. The predicted octanol–water partition coefficient (Wildman–Crippen LogP) is 2.19. The molecule has 5 heteroatoms. The van der Waals surface area contributed by atoms with Gasteiger partial charge in [-0.1, -0.05) is 6.08 Å². The number of ether oxygens (including phenoxy) is 2. The normalized spacial score (nSPS) is 12.4. The summed E-state index contributed by atoms with van der Waals surface area (Å²) < 4.78 is 9.41. The maximum Gasteiger partial charge on any atom is 0.506 e. The molecule has 0 aliphatic carbocycles. The number of aromatic nitrogens is 1. The van der Waals surface area contributed by atoms with Crippen LogP contribution in [0.2, 0.25) is 0 Å². The molecule has 1 aromatic rings. The molecule has 0 radical (unpaired) electrons. The van der Waals surface area contributed by atoms with Gasteiger partial charge in [-0.25, -0.2) is 9.78 Å². The first kappa shape index (κ1) is 12.0. The maximum atomic E-state index is 10.2. The van der Waals surface area contributed by atoms with Gasteiger partial charge >= 0.3 is 6.16 Å². The standard InChI is InChI=1S/C11H13NO4/c1-8(16-11(13)14)3-4-9-5-6-10(15-2)12-7-9/h3-8H,1-2H3,(H,13,14). The molecule has 1 aromatic heterocycles. The summed E-state index contributed by atoms with van der Waals surface area (Å²) in [5.41, 5.74) is 0.849. The molecule has 86 valence electrons. The summed E-state index contributed by atoms with van der Waals surface area (Å²) >= 11 is 0. The van der Waals surface area contributed by atoms with E-state index < -0.39 is 12.3 Å². The third-order valence-electron chi connectivity index (χ3n) is 1.81. The molecule has 16 heavy (non-hydrogen) atoms. The Hall–Kier alpha value is -2.04. The Morgan fingerprint density at radius 2 is 2.31 bits per heavy atom. The molecular formula is C11H13NO4. The number of carbonyl (C=O) groups is 1. The Bertz CT molecular complexity index is 372. The van der Waals surface area contributed by atoms with E-state index >= 15 is 0 Å². The second-order valence-electron chi connectivity index (χ2n) is 3.08. The van der Waals surface area contributed by atoms with Crippen LogP contribution in [0.15, 0.2) is 24.4 Å². The van der Waals surface area contributed by atoms with Crippen molar-refractivity contribution in [2.45, 2.75) is 13.0 Å². The molecular weight excluding hydrogens is 210 g/mol. The monoisotopic (exact) mass is 223 g/mol. The van der Waals surface area contributed by atoms with Crippen molar-refractivity contribution < 1.29 is 19.4 Å². The molecule has 0 fully saturated rings. The molecule has 0 aliphatic rings. The molecule has 0 amide bonds. The summed E-state index contributed by atoms with van der Waals surface area (Å²) in [4.78, 5) is 14.2. The number of hydrogen-bond donors (Lipinski definition) is 1. The van der Waals surface area contributed by atoms with E-state index in [1.54, 1.807) is 38.4 Å². The fourth-order valence-corrected chi connectivity index (χ4v) is 1.06. The first-order valence-corrected chi connectivity index (χ1v) is 4.69. The quantitative estimate of drug-likeness (QED) is 0.792. The Balaban J connectivity index is 2.58. The number of carboxylic acid groups (broad SMARTS) is 1. The van der Waals surface area contributed by atoms with E-state index in [2.05, 4.69) is 9.72 Å². The fraction of sp³-hybridized carbons (Fsp3) is 0.273. The van der Waals surface area contributed by atoms with Gasteiger partial charge in [0.05, 0.1) is 7.11 Å². The highest BCUT2D eigenvalue weighted by Gasteiger charge is 2.02. The first-order valence-electron chi connectivity index (χ1n) is 4.69. The van der Waals surface area contributed by atoms with Gasteiger partial charge in [0, 0.05) is 12.3 Å². The van der Waals surface area contributed by atoms with E-state index in [1.807, 2.05) is 6.07 Å². The summed E-state index contributed by atoms with van der Waals surface area (Å²) in [6.45, 7) is 1.64. The second kappa shape index (κ2) is 5.75. The Morgan fingerprint density at radius 3 is 2.81 bits per heavy atom. The zero-order chi connectivity index (χ0) is 12.0. The van der Waals surface area contributed by atoms with Crippen LogP contribution in [0.1, 0.15) is 12.5 Å². The van der Waals surface area contributed by atoms with Crippen molar-refractivity contribution in [3.05, 3.63) is 30.0 Å². The first-order chi connectivity index (χ1) is 7.61. The summed E-state index contributed by atoms with van der Waals surface area (Å²) in [6, 6.07) is 3.54. The van der Waals surface area contributed by atoms with Crippen molar-refractivity contribution in [2.24, 2.45) is 0 Å². The van der Waals surface area contributed by atoms with Crippen molar-refractivity contribution >= 4 is 12.2 Å². The van der Waals surface area contributed by atoms with Gasteiger partial charge in [0.1, 0.15) is 6.10 Å². The minimum atomic E-state index is -1.29. The molecule has 0 aromatic carbocycles. The molecule has 1 unspecified atom stereocenters. The highest BCUT2D eigenvalue weighted by Crippen LogP contribution is 2.08. The van der Waals surface area contributed by atoms with E-state index in [9.17, 15) is 4.79 Å². The highest BCUT2D eigenvalue weighted by molar-refractivity contribution is 5.58. The predicted molar refractivity (Wildman–Crippen MR) is 58.4 cm³/mol. The average molecular weight is 223 g/mol. The molecule has 0 saturated carbocycles. The lowest BCUT2D eigenvalue weighted by atomic mass is 10.2. The van der Waals surface area contributed by atoms with Gasteiger partial charge in [0.25, 0.3) is 0 Å². The van der Waals surface area contributed by atoms with Crippen LogP contribution in [0.5, 0.6) is 5.88 Å². The third kappa shape index (κ3) is 4.00. The van der Waals surface area contributed by atoms with Crippen molar-refractivity contribution in [3.8, 4) is 5.88 Å². The van der Waals surface area contributed by atoms with Crippen LogP contribution in [0.3, 0.4) is 0 Å². The summed E-state index contributed by atoms with van der Waals surface area (Å²) in [5, 5.41) is 8.36. The molecule has 1 heterocycles. The van der Waals surface area contributed by atoms with Crippen LogP contribution >= 0.6 is 0 Å². The zero-order valence-electron chi connectivity index (χ0n) is 9.08. The molecule has 0 saturated heterocycles. The number of methoxy groups -OCH3 is 1. The molecule has 1 N–H and O–H groups in total. The average Bonchev–Trinajstić information content (AvgIpc) is 2.26. The van der Waals surface area contributed by atoms with Crippen LogP contribution in [-0.2, 0) is 4.74 Å². The van der Waals surface area contributed by atoms with E-state index in [-0.39, 0.29) is 0 Å². The van der Waals surface area contributed by atoms with Gasteiger partial charge in [-0.3, -0.25) is 0 Å². The molecule has 1 rings (SSSR count). The molecule has 1 atom stereocenters. The van der Waals surface area contributed by atoms with Crippen LogP contribution in [-0.4, -0.2) is 29.5 Å². The number of pyridine rings is 1. The lowest BCUT2D eigenvalue weighted by Crippen LogP contribution is -2.09. The van der Waals surface area contributed by atoms with Gasteiger partial charge in [-0.2, -0.15) is 0 Å². The van der Waals surface area contributed by atoms with Crippen LogP contribution in [0.4, 0.5) is 4.79 Å². The molecule has 0 spiro atoms. The maximum absolute atomic E-state index is 10.2. The molecule has 5 nitrogen and oxygen atoms in total. The fourth-order valence-electron chi connectivity index (χ4n) is 1.06. The van der Waals surface area contributed by atoms with E-state index in [0.29, 0.717) is 5.88 Å². The largest absolute Gasteiger partial charge is 0.506 e. The topological polar surface area (TPSA) is 68.7 Å². The number of hydrogen-bond acceptors (Lipinski definition) is 4. The molecule has 0 bridgehead atoms. The summed E-state index contributed by atoms with van der Waals surface area (Å²) in [5.74, 6) is 0.534. The number of nitrogens with zero attached hydrogens (tertiary/aromatic N) is 1. The van der Waals surface area contributed by atoms with E-state index in [4.69, 9.17) is 9.84 Å². The van der Waals surface area contributed by atoms with Crippen molar-refractivity contribution in [2.75, 3.05) is 7.11 Å². The lowest BCUT2D eigenvalue weighted by Gasteiger charge is -2.04. The minimum absolute atomic E-state index is 0.486.